The van der Waals surface area contributed by atoms with Gasteiger partial charge in [-0.25, -0.2) is 0 Å². The van der Waals surface area contributed by atoms with Crippen LogP contribution < -0.4 is 0 Å². The highest BCUT2D eigenvalue weighted by Gasteiger charge is 2.43. The molecular weight excluding hydrogens is 204 g/mol. The van der Waals surface area contributed by atoms with Crippen LogP contribution in [0.1, 0.15) is 53.9 Å². The molecule has 0 aromatic rings. The van der Waals surface area contributed by atoms with Crippen LogP contribution in [0.3, 0.4) is 0 Å². The predicted octanol–water partition coefficient (Wildman–Crippen LogP) is 5.29. The summed E-state index contributed by atoms with van der Waals surface area (Å²) in [5, 5.41) is 0.926. The van der Waals surface area contributed by atoms with E-state index in [1.54, 1.807) is 11.1 Å². The Morgan fingerprint density at radius 1 is 1.40 bits per heavy atom. The van der Waals surface area contributed by atoms with Gasteiger partial charge in [-0.15, -0.1) is 0 Å². The summed E-state index contributed by atoms with van der Waals surface area (Å²) in [6, 6.07) is 0. The Kier molecular flexibility index (Phi) is 4.06. The number of rotatable bonds is 4. The molecule has 1 heteroatoms. The molecule has 0 bridgehead atoms. The molecule has 0 aromatic carbocycles. The lowest BCUT2D eigenvalue weighted by Gasteiger charge is -2.48. The van der Waals surface area contributed by atoms with Crippen LogP contribution >= 0.6 is 11.6 Å². The van der Waals surface area contributed by atoms with Crippen molar-refractivity contribution in [3.8, 4) is 0 Å². The Hall–Kier alpha value is -0.230. The average molecular weight is 227 g/mol. The van der Waals surface area contributed by atoms with E-state index in [1.165, 1.54) is 19.3 Å². The SMILES string of the molecule is CCCC1=C(CC)C(/C=C(\C)Cl)C1(C)C. The van der Waals surface area contributed by atoms with Crippen LogP contribution in [0.4, 0.5) is 0 Å². The summed E-state index contributed by atoms with van der Waals surface area (Å²) < 4.78 is 0. The standard InChI is InChI=1S/C14H23Cl/c1-6-8-12-11(7-2)13(9-10(3)15)14(12,4)5/h9,13H,6-8H2,1-5H3/b10-9+. The highest BCUT2D eigenvalue weighted by atomic mass is 35.5. The molecule has 15 heavy (non-hydrogen) atoms. The zero-order chi connectivity index (χ0) is 11.6. The molecule has 1 atom stereocenters. The quantitative estimate of drug-likeness (QED) is 0.572. The van der Waals surface area contributed by atoms with Gasteiger partial charge in [-0.3, -0.25) is 0 Å². The molecule has 0 amide bonds. The number of halogens is 1. The molecule has 1 rings (SSSR count). The van der Waals surface area contributed by atoms with Crippen LogP contribution in [0.25, 0.3) is 0 Å². The van der Waals surface area contributed by atoms with E-state index < -0.39 is 0 Å². The Bertz CT molecular complexity index is 290. The zero-order valence-corrected chi connectivity index (χ0v) is 11.4. The highest BCUT2D eigenvalue weighted by molar-refractivity contribution is 6.29. The summed E-state index contributed by atoms with van der Waals surface area (Å²) in [4.78, 5) is 0. The van der Waals surface area contributed by atoms with Gasteiger partial charge in [0.25, 0.3) is 0 Å². The minimum atomic E-state index is 0.331. The van der Waals surface area contributed by atoms with Gasteiger partial charge in [0.05, 0.1) is 0 Å². The van der Waals surface area contributed by atoms with Crippen LogP contribution in [-0.4, -0.2) is 0 Å². The van der Waals surface area contributed by atoms with E-state index in [9.17, 15) is 0 Å². The third-order valence-electron chi connectivity index (χ3n) is 3.60. The lowest BCUT2D eigenvalue weighted by molar-refractivity contribution is 0.274. The Balaban J connectivity index is 2.98. The molecule has 0 aliphatic heterocycles. The van der Waals surface area contributed by atoms with Crippen molar-refractivity contribution in [2.75, 3.05) is 0 Å². The van der Waals surface area contributed by atoms with Crippen molar-refractivity contribution in [2.24, 2.45) is 11.3 Å². The second kappa shape index (κ2) is 4.74. The van der Waals surface area contributed by atoms with Crippen LogP contribution in [0.5, 0.6) is 0 Å². The fourth-order valence-electron chi connectivity index (χ4n) is 2.85. The van der Waals surface area contributed by atoms with Crippen LogP contribution in [-0.2, 0) is 0 Å². The first-order chi connectivity index (χ1) is 6.95. The third kappa shape index (κ3) is 2.30. The second-order valence-electron chi connectivity index (χ2n) is 5.06. The number of hydrogen-bond acceptors (Lipinski definition) is 0. The predicted molar refractivity (Wildman–Crippen MR) is 69.1 cm³/mol. The molecular formula is C14H23Cl. The Morgan fingerprint density at radius 2 is 2.00 bits per heavy atom. The number of hydrogen-bond donors (Lipinski definition) is 0. The molecule has 1 aliphatic carbocycles. The molecule has 0 nitrogen and oxygen atoms in total. The smallest absolute Gasteiger partial charge is 0.0116 e. The molecule has 0 heterocycles. The van der Waals surface area contributed by atoms with Gasteiger partial charge in [-0.05, 0) is 25.2 Å². The minimum absolute atomic E-state index is 0.331. The summed E-state index contributed by atoms with van der Waals surface area (Å²) in [5.41, 5.74) is 3.63. The van der Waals surface area contributed by atoms with Gasteiger partial charge < -0.3 is 0 Å². The van der Waals surface area contributed by atoms with Crippen molar-refractivity contribution in [2.45, 2.75) is 53.9 Å². The third-order valence-corrected chi connectivity index (χ3v) is 3.72. The fraction of sp³-hybridized carbons (Fsp3) is 0.714. The van der Waals surface area contributed by atoms with E-state index in [-0.39, 0.29) is 0 Å². The van der Waals surface area contributed by atoms with E-state index in [1.807, 2.05) is 6.92 Å². The zero-order valence-electron chi connectivity index (χ0n) is 10.7. The van der Waals surface area contributed by atoms with Gasteiger partial charge in [0.1, 0.15) is 0 Å². The van der Waals surface area contributed by atoms with Gasteiger partial charge in [0, 0.05) is 11.0 Å². The van der Waals surface area contributed by atoms with Crippen molar-refractivity contribution < 1.29 is 0 Å². The molecule has 1 aliphatic rings. The first-order valence-corrected chi connectivity index (χ1v) is 6.39. The van der Waals surface area contributed by atoms with E-state index in [0.717, 1.165) is 5.03 Å². The van der Waals surface area contributed by atoms with E-state index in [2.05, 4.69) is 33.8 Å². The summed E-state index contributed by atoms with van der Waals surface area (Å²) in [6.07, 6.45) is 5.89. The first-order valence-electron chi connectivity index (χ1n) is 6.01. The van der Waals surface area contributed by atoms with Crippen molar-refractivity contribution in [3.05, 3.63) is 22.3 Å². The fourth-order valence-corrected chi connectivity index (χ4v) is 2.98. The summed E-state index contributed by atoms with van der Waals surface area (Å²) in [7, 11) is 0. The molecule has 0 N–H and O–H groups in total. The molecule has 0 fully saturated rings. The molecule has 0 spiro atoms. The minimum Gasteiger partial charge on any atom is -0.0898 e. The topological polar surface area (TPSA) is 0 Å². The van der Waals surface area contributed by atoms with Crippen LogP contribution in [0, 0.1) is 11.3 Å². The van der Waals surface area contributed by atoms with E-state index >= 15 is 0 Å². The Labute approximate surface area is 99.4 Å². The molecule has 86 valence electrons. The molecule has 0 radical (unpaired) electrons. The lowest BCUT2D eigenvalue weighted by Crippen LogP contribution is -2.37. The van der Waals surface area contributed by atoms with Gasteiger partial charge >= 0.3 is 0 Å². The van der Waals surface area contributed by atoms with E-state index in [4.69, 9.17) is 11.6 Å². The van der Waals surface area contributed by atoms with Gasteiger partial charge in [0.15, 0.2) is 0 Å². The van der Waals surface area contributed by atoms with Crippen LogP contribution in [0.15, 0.2) is 22.3 Å². The van der Waals surface area contributed by atoms with Gasteiger partial charge in [-0.2, -0.15) is 0 Å². The molecule has 0 saturated heterocycles. The average Bonchev–Trinajstić information content (AvgIpc) is 2.15. The van der Waals surface area contributed by atoms with Crippen molar-refractivity contribution in [3.63, 3.8) is 0 Å². The molecule has 0 saturated carbocycles. The van der Waals surface area contributed by atoms with Crippen molar-refractivity contribution in [1.82, 2.24) is 0 Å². The Morgan fingerprint density at radius 3 is 2.40 bits per heavy atom. The van der Waals surface area contributed by atoms with Gasteiger partial charge in [0.2, 0.25) is 0 Å². The summed E-state index contributed by atoms with van der Waals surface area (Å²) in [6.45, 7) is 11.2. The maximum absolute atomic E-state index is 6.00. The summed E-state index contributed by atoms with van der Waals surface area (Å²) in [5.74, 6) is 0.571. The first kappa shape index (κ1) is 12.8. The highest BCUT2D eigenvalue weighted by Crippen LogP contribution is 2.55. The lowest BCUT2D eigenvalue weighted by atomic mass is 9.56. The normalized spacial score (nSPS) is 25.5. The second-order valence-corrected chi connectivity index (χ2v) is 5.66. The monoisotopic (exact) mass is 226 g/mol. The molecule has 0 aromatic heterocycles. The largest absolute Gasteiger partial charge is 0.0898 e. The maximum Gasteiger partial charge on any atom is 0.0116 e. The number of allylic oxidation sites excluding steroid dienone is 4. The van der Waals surface area contributed by atoms with E-state index in [0.29, 0.717) is 11.3 Å². The van der Waals surface area contributed by atoms with Crippen molar-refractivity contribution in [1.29, 1.82) is 0 Å². The maximum atomic E-state index is 6.00. The van der Waals surface area contributed by atoms with Crippen molar-refractivity contribution >= 4 is 11.6 Å². The molecule has 1 unspecified atom stereocenters. The summed E-state index contributed by atoms with van der Waals surface area (Å²) >= 11 is 6.00. The van der Waals surface area contributed by atoms with Crippen LogP contribution in [0.2, 0.25) is 0 Å². The van der Waals surface area contributed by atoms with Gasteiger partial charge in [-0.1, -0.05) is 62.9 Å².